The van der Waals surface area contributed by atoms with Crippen LogP contribution in [-0.2, 0) is 11.3 Å². The van der Waals surface area contributed by atoms with Crippen LogP contribution in [0.15, 0.2) is 23.3 Å². The Balaban J connectivity index is 1.49. The molecule has 1 aromatic rings. The number of rotatable bonds is 9. The number of nitrogens with one attached hydrogen (secondary N) is 2. The lowest BCUT2D eigenvalue weighted by Crippen LogP contribution is -2.56. The van der Waals surface area contributed by atoms with E-state index in [1.54, 1.807) is 0 Å². The maximum absolute atomic E-state index is 5.70. The van der Waals surface area contributed by atoms with Crippen LogP contribution in [0.25, 0.3) is 0 Å². The predicted molar refractivity (Wildman–Crippen MR) is 112 cm³/mol. The van der Waals surface area contributed by atoms with Gasteiger partial charge in [0, 0.05) is 44.0 Å². The molecule has 156 valence electrons. The molecule has 0 aromatic carbocycles. The number of aliphatic imine (C=N–C) groups is 1. The summed E-state index contributed by atoms with van der Waals surface area (Å²) in [7, 11) is 0. The number of ether oxygens (including phenoxy) is 2. The summed E-state index contributed by atoms with van der Waals surface area (Å²) in [6.45, 7) is 13.2. The summed E-state index contributed by atoms with van der Waals surface area (Å²) in [6.07, 6.45) is 4.43. The zero-order valence-electron chi connectivity index (χ0n) is 17.5. The zero-order valence-corrected chi connectivity index (χ0v) is 17.5. The van der Waals surface area contributed by atoms with E-state index in [0.717, 1.165) is 63.4 Å². The average Bonchev–Trinajstić information content (AvgIpc) is 3.54. The number of hydrogen-bond acceptors (Lipinski definition) is 5. The quantitative estimate of drug-likeness (QED) is 0.497. The van der Waals surface area contributed by atoms with Crippen LogP contribution < -0.4 is 15.4 Å². The number of hydrogen-bond donors (Lipinski definition) is 2. The topological polar surface area (TPSA) is 71.0 Å². The van der Waals surface area contributed by atoms with E-state index in [1.807, 2.05) is 18.3 Å². The molecule has 28 heavy (non-hydrogen) atoms. The van der Waals surface area contributed by atoms with Crippen molar-refractivity contribution in [2.75, 3.05) is 46.0 Å². The summed E-state index contributed by atoms with van der Waals surface area (Å²) in [6, 6.07) is 3.98. The summed E-state index contributed by atoms with van der Waals surface area (Å²) in [5, 5.41) is 6.82. The molecule has 3 rings (SSSR count). The largest absolute Gasteiger partial charge is 0.477 e. The Morgan fingerprint density at radius 1 is 1.29 bits per heavy atom. The number of nitrogens with zero attached hydrogens (tertiary/aromatic N) is 3. The SMILES string of the molecule is CCNC(=NCc1ccc(OCC2CC2)nc1)NCC(C)(C)N1CCOCC1. The van der Waals surface area contributed by atoms with E-state index >= 15 is 0 Å². The van der Waals surface area contributed by atoms with Gasteiger partial charge in [-0.05, 0) is 45.1 Å². The van der Waals surface area contributed by atoms with Crippen LogP contribution in [0.2, 0.25) is 0 Å². The van der Waals surface area contributed by atoms with Gasteiger partial charge >= 0.3 is 0 Å². The molecule has 2 aliphatic rings. The number of morpholine rings is 1. The first-order valence-corrected chi connectivity index (χ1v) is 10.5. The third kappa shape index (κ3) is 6.63. The highest BCUT2D eigenvalue weighted by Crippen LogP contribution is 2.29. The number of aromatic nitrogens is 1. The molecule has 0 unspecified atom stereocenters. The monoisotopic (exact) mass is 389 g/mol. The maximum Gasteiger partial charge on any atom is 0.213 e. The normalized spacial score (nSPS) is 18.8. The van der Waals surface area contributed by atoms with Gasteiger partial charge in [0.1, 0.15) is 0 Å². The van der Waals surface area contributed by atoms with Crippen LogP contribution in [0, 0.1) is 5.92 Å². The van der Waals surface area contributed by atoms with Gasteiger partial charge in [-0.15, -0.1) is 0 Å². The smallest absolute Gasteiger partial charge is 0.213 e. The van der Waals surface area contributed by atoms with E-state index < -0.39 is 0 Å². The van der Waals surface area contributed by atoms with Crippen LogP contribution in [0.5, 0.6) is 5.88 Å². The van der Waals surface area contributed by atoms with Crippen molar-refractivity contribution in [3.63, 3.8) is 0 Å². The Morgan fingerprint density at radius 3 is 2.71 bits per heavy atom. The fraction of sp³-hybridized carbons (Fsp3) is 0.714. The van der Waals surface area contributed by atoms with Gasteiger partial charge in [-0.3, -0.25) is 4.90 Å². The van der Waals surface area contributed by atoms with Gasteiger partial charge in [-0.1, -0.05) is 6.07 Å². The zero-order chi connectivity index (χ0) is 19.8. The molecule has 1 aliphatic carbocycles. The molecular weight excluding hydrogens is 354 g/mol. The highest BCUT2D eigenvalue weighted by molar-refractivity contribution is 5.79. The Bertz CT molecular complexity index is 622. The van der Waals surface area contributed by atoms with E-state index in [2.05, 4.69) is 41.3 Å². The molecule has 0 atom stereocenters. The van der Waals surface area contributed by atoms with Gasteiger partial charge in [0.25, 0.3) is 0 Å². The Labute approximate surface area is 168 Å². The minimum atomic E-state index is 0.0437. The van der Waals surface area contributed by atoms with E-state index in [1.165, 1.54) is 12.8 Å². The number of guanidine groups is 1. The third-order valence-electron chi connectivity index (χ3n) is 5.28. The molecule has 2 heterocycles. The first-order valence-electron chi connectivity index (χ1n) is 10.5. The summed E-state index contributed by atoms with van der Waals surface area (Å²) >= 11 is 0. The van der Waals surface area contributed by atoms with Gasteiger partial charge in [0.2, 0.25) is 5.88 Å². The molecule has 1 aliphatic heterocycles. The fourth-order valence-electron chi connectivity index (χ4n) is 3.17. The van der Waals surface area contributed by atoms with Crippen LogP contribution in [0.3, 0.4) is 0 Å². The van der Waals surface area contributed by atoms with Crippen molar-refractivity contribution in [2.45, 2.75) is 45.7 Å². The standard InChI is InChI=1S/C21H35N5O2/c1-4-22-20(25-16-21(2,3)26-9-11-27-12-10-26)24-14-18-7-8-19(23-13-18)28-15-17-5-6-17/h7-8,13,17H,4-6,9-12,14-16H2,1-3H3,(H2,22,24,25). The molecule has 2 fully saturated rings. The maximum atomic E-state index is 5.70. The molecule has 0 amide bonds. The van der Waals surface area contributed by atoms with E-state index in [0.29, 0.717) is 12.4 Å². The Morgan fingerprint density at radius 2 is 2.07 bits per heavy atom. The van der Waals surface area contributed by atoms with Crippen molar-refractivity contribution in [3.05, 3.63) is 23.9 Å². The van der Waals surface area contributed by atoms with Gasteiger partial charge in [0.15, 0.2) is 5.96 Å². The lowest BCUT2D eigenvalue weighted by atomic mass is 10.0. The first kappa shape index (κ1) is 20.9. The first-order chi connectivity index (χ1) is 13.6. The minimum Gasteiger partial charge on any atom is -0.477 e. The minimum absolute atomic E-state index is 0.0437. The van der Waals surface area contributed by atoms with Crippen LogP contribution >= 0.6 is 0 Å². The summed E-state index contributed by atoms with van der Waals surface area (Å²) in [4.78, 5) is 11.6. The summed E-state index contributed by atoms with van der Waals surface area (Å²) in [5.74, 6) is 2.27. The van der Waals surface area contributed by atoms with Crippen molar-refractivity contribution in [2.24, 2.45) is 10.9 Å². The Hall–Kier alpha value is -1.86. The third-order valence-corrected chi connectivity index (χ3v) is 5.28. The lowest BCUT2D eigenvalue weighted by Gasteiger charge is -2.41. The van der Waals surface area contributed by atoms with Gasteiger partial charge in [-0.25, -0.2) is 9.98 Å². The lowest BCUT2D eigenvalue weighted by molar-refractivity contribution is -0.00834. The van der Waals surface area contributed by atoms with Gasteiger partial charge in [-0.2, -0.15) is 0 Å². The second kappa shape index (κ2) is 10.1. The van der Waals surface area contributed by atoms with Crippen LogP contribution in [0.1, 0.15) is 39.2 Å². The molecule has 1 saturated carbocycles. The second-order valence-corrected chi connectivity index (χ2v) is 8.22. The van der Waals surface area contributed by atoms with Crippen LogP contribution in [-0.4, -0.2) is 67.4 Å². The molecule has 0 bridgehead atoms. The molecule has 2 N–H and O–H groups in total. The second-order valence-electron chi connectivity index (χ2n) is 8.22. The van der Waals surface area contributed by atoms with E-state index in [-0.39, 0.29) is 5.54 Å². The molecule has 7 nitrogen and oxygen atoms in total. The highest BCUT2D eigenvalue weighted by Gasteiger charge is 2.28. The molecule has 1 saturated heterocycles. The Kier molecular flexibility index (Phi) is 7.50. The van der Waals surface area contributed by atoms with Crippen molar-refractivity contribution in [1.82, 2.24) is 20.5 Å². The van der Waals surface area contributed by atoms with E-state index in [4.69, 9.17) is 14.5 Å². The van der Waals surface area contributed by atoms with Gasteiger partial charge in [0.05, 0.1) is 26.4 Å². The summed E-state index contributed by atoms with van der Waals surface area (Å²) < 4.78 is 11.2. The van der Waals surface area contributed by atoms with Crippen molar-refractivity contribution < 1.29 is 9.47 Å². The molecule has 7 heteroatoms. The molecule has 0 radical (unpaired) electrons. The fourth-order valence-corrected chi connectivity index (χ4v) is 3.17. The average molecular weight is 390 g/mol. The van der Waals surface area contributed by atoms with Crippen molar-refractivity contribution in [1.29, 1.82) is 0 Å². The molecule has 0 spiro atoms. The predicted octanol–water partition coefficient (Wildman–Crippen LogP) is 2.04. The molecule has 1 aromatic heterocycles. The molecular formula is C21H35N5O2. The van der Waals surface area contributed by atoms with Crippen LogP contribution in [0.4, 0.5) is 0 Å². The van der Waals surface area contributed by atoms with Crippen molar-refractivity contribution in [3.8, 4) is 5.88 Å². The summed E-state index contributed by atoms with van der Waals surface area (Å²) in [5.41, 5.74) is 1.12. The highest BCUT2D eigenvalue weighted by atomic mass is 16.5. The van der Waals surface area contributed by atoms with E-state index in [9.17, 15) is 0 Å². The van der Waals surface area contributed by atoms with Gasteiger partial charge < -0.3 is 20.1 Å². The number of pyridine rings is 1. The van der Waals surface area contributed by atoms with Crippen molar-refractivity contribution >= 4 is 5.96 Å².